The second kappa shape index (κ2) is 7.93. The number of methoxy groups -OCH3 is 1. The molecule has 0 N–H and O–H groups in total. The molecule has 5 rings (SSSR count). The maximum atomic E-state index is 13.4. The van der Waals surface area contributed by atoms with E-state index in [1.165, 1.54) is 0 Å². The smallest absolute Gasteiger partial charge is 0.235 e. The number of piperazine rings is 1. The first-order valence-electron chi connectivity index (χ1n) is 10.5. The second-order valence-corrected chi connectivity index (χ2v) is 8.58. The Hall–Kier alpha value is -2.99. The van der Waals surface area contributed by atoms with Crippen LogP contribution >= 0.6 is 11.6 Å². The van der Waals surface area contributed by atoms with E-state index < -0.39 is 5.41 Å². The molecule has 0 bridgehead atoms. The van der Waals surface area contributed by atoms with Crippen molar-refractivity contribution in [3.05, 3.63) is 65.3 Å². The molecule has 1 amide bonds. The van der Waals surface area contributed by atoms with Crippen LogP contribution < -0.4 is 9.64 Å². The van der Waals surface area contributed by atoms with Crippen LogP contribution in [0.3, 0.4) is 0 Å². The summed E-state index contributed by atoms with van der Waals surface area (Å²) in [5.74, 6) is 1.66. The molecule has 160 valence electrons. The number of rotatable bonds is 5. The van der Waals surface area contributed by atoms with Crippen LogP contribution in [-0.4, -0.2) is 49.3 Å². The number of hydrogen-bond acceptors (Lipinski definition) is 5. The van der Waals surface area contributed by atoms with E-state index in [1.807, 2.05) is 53.4 Å². The number of carbonyl (C=O) groups is 1. The normalized spacial score (nSPS) is 17.5. The van der Waals surface area contributed by atoms with Gasteiger partial charge < -0.3 is 19.1 Å². The van der Waals surface area contributed by atoms with Gasteiger partial charge in [0, 0.05) is 54.6 Å². The number of nitrogens with zero attached hydrogens (tertiary/aromatic N) is 3. The predicted octanol–water partition coefficient (Wildman–Crippen LogP) is 4.38. The summed E-state index contributed by atoms with van der Waals surface area (Å²) in [6, 6.07) is 17.4. The van der Waals surface area contributed by atoms with Crippen molar-refractivity contribution in [2.45, 2.75) is 18.3 Å². The summed E-state index contributed by atoms with van der Waals surface area (Å²) in [7, 11) is 1.67. The molecule has 31 heavy (non-hydrogen) atoms. The maximum Gasteiger partial charge on any atom is 0.235 e. The van der Waals surface area contributed by atoms with Gasteiger partial charge in [0.15, 0.2) is 5.76 Å². The van der Waals surface area contributed by atoms with Crippen LogP contribution in [0.25, 0.3) is 11.3 Å². The monoisotopic (exact) mass is 437 g/mol. The Labute approximate surface area is 186 Å². The molecule has 2 fully saturated rings. The van der Waals surface area contributed by atoms with E-state index in [0.717, 1.165) is 48.6 Å². The Morgan fingerprint density at radius 3 is 2.48 bits per heavy atom. The topological polar surface area (TPSA) is 58.8 Å². The Morgan fingerprint density at radius 1 is 1.06 bits per heavy atom. The molecule has 2 heterocycles. The van der Waals surface area contributed by atoms with Crippen LogP contribution in [0, 0.1) is 0 Å². The minimum absolute atomic E-state index is 0.161. The van der Waals surface area contributed by atoms with Crippen LogP contribution in [0.5, 0.6) is 5.75 Å². The summed E-state index contributed by atoms with van der Waals surface area (Å²) < 4.78 is 10.9. The molecule has 1 saturated carbocycles. The zero-order valence-electron chi connectivity index (χ0n) is 17.4. The largest absolute Gasteiger partial charge is 0.497 e. The van der Waals surface area contributed by atoms with Gasteiger partial charge in [-0.05, 0) is 49.2 Å². The molecule has 2 aliphatic rings. The van der Waals surface area contributed by atoms with Crippen molar-refractivity contribution in [3.8, 4) is 17.1 Å². The molecule has 1 aliphatic heterocycles. The molecule has 0 radical (unpaired) electrons. The van der Waals surface area contributed by atoms with Gasteiger partial charge in [0.1, 0.15) is 5.75 Å². The molecule has 2 aromatic carbocycles. The number of aromatic nitrogens is 1. The molecule has 0 spiro atoms. The summed E-state index contributed by atoms with van der Waals surface area (Å²) in [4.78, 5) is 17.7. The predicted molar refractivity (Wildman–Crippen MR) is 120 cm³/mol. The number of carbonyl (C=O) groups excluding carboxylic acids is 1. The SMILES string of the molecule is COc1cccc(N2CCN(C(=O)C3(c4cc(-c5ccc(Cl)cc5)on4)CC3)CC2)c1. The number of halogens is 1. The molecular weight excluding hydrogens is 414 g/mol. The van der Waals surface area contributed by atoms with Gasteiger partial charge in [-0.1, -0.05) is 22.8 Å². The molecule has 7 heteroatoms. The van der Waals surface area contributed by atoms with Gasteiger partial charge in [0.2, 0.25) is 5.91 Å². The first kappa shape index (κ1) is 19.9. The summed E-state index contributed by atoms with van der Waals surface area (Å²) in [5, 5.41) is 4.94. The fourth-order valence-corrected chi connectivity index (χ4v) is 4.36. The van der Waals surface area contributed by atoms with Gasteiger partial charge in [-0.15, -0.1) is 0 Å². The molecule has 3 aromatic rings. The minimum Gasteiger partial charge on any atom is -0.497 e. The van der Waals surface area contributed by atoms with E-state index in [2.05, 4.69) is 16.1 Å². The highest BCUT2D eigenvalue weighted by Crippen LogP contribution is 2.50. The van der Waals surface area contributed by atoms with Gasteiger partial charge in [-0.3, -0.25) is 4.79 Å². The molecule has 1 aromatic heterocycles. The van der Waals surface area contributed by atoms with Crippen LogP contribution in [0.2, 0.25) is 5.02 Å². The van der Waals surface area contributed by atoms with E-state index >= 15 is 0 Å². The highest BCUT2D eigenvalue weighted by Gasteiger charge is 2.55. The first-order valence-corrected chi connectivity index (χ1v) is 10.9. The van der Waals surface area contributed by atoms with Crippen molar-refractivity contribution < 1.29 is 14.1 Å². The molecular formula is C24H24ClN3O3. The average molecular weight is 438 g/mol. The summed E-state index contributed by atoms with van der Waals surface area (Å²) in [6.45, 7) is 2.98. The van der Waals surface area contributed by atoms with E-state index in [9.17, 15) is 4.79 Å². The van der Waals surface area contributed by atoms with Crippen molar-refractivity contribution in [2.24, 2.45) is 0 Å². The summed E-state index contributed by atoms with van der Waals surface area (Å²) in [6.07, 6.45) is 1.63. The van der Waals surface area contributed by atoms with Crippen molar-refractivity contribution in [1.82, 2.24) is 10.1 Å². The summed E-state index contributed by atoms with van der Waals surface area (Å²) >= 11 is 5.97. The first-order chi connectivity index (χ1) is 15.1. The fraction of sp³-hybridized carbons (Fsp3) is 0.333. The van der Waals surface area contributed by atoms with Crippen LogP contribution in [0.15, 0.2) is 59.1 Å². The third kappa shape index (κ3) is 3.76. The van der Waals surface area contributed by atoms with E-state index in [4.69, 9.17) is 20.9 Å². The lowest BCUT2D eigenvalue weighted by molar-refractivity contribution is -0.134. The van der Waals surface area contributed by atoms with Gasteiger partial charge >= 0.3 is 0 Å². The standard InChI is InChI=1S/C24H24ClN3O3/c1-30-20-4-2-3-19(15-20)27-11-13-28(14-12-27)23(29)24(9-10-24)22-16-21(31-26-22)17-5-7-18(25)8-6-17/h2-8,15-16H,9-14H2,1H3. The minimum atomic E-state index is -0.535. The van der Waals surface area contributed by atoms with Crippen LogP contribution in [0.1, 0.15) is 18.5 Å². The maximum absolute atomic E-state index is 13.4. The van der Waals surface area contributed by atoms with Crippen LogP contribution in [0.4, 0.5) is 5.69 Å². The molecule has 0 unspecified atom stereocenters. The van der Waals surface area contributed by atoms with E-state index in [0.29, 0.717) is 23.9 Å². The lowest BCUT2D eigenvalue weighted by atomic mass is 9.99. The van der Waals surface area contributed by atoms with Crippen molar-refractivity contribution in [1.29, 1.82) is 0 Å². The molecule has 1 aliphatic carbocycles. The van der Waals surface area contributed by atoms with Crippen molar-refractivity contribution in [3.63, 3.8) is 0 Å². The number of amides is 1. The van der Waals surface area contributed by atoms with E-state index in [1.54, 1.807) is 7.11 Å². The Bertz CT molecular complexity index is 1080. The lowest BCUT2D eigenvalue weighted by Gasteiger charge is -2.37. The lowest BCUT2D eigenvalue weighted by Crippen LogP contribution is -2.51. The Morgan fingerprint density at radius 2 is 1.81 bits per heavy atom. The van der Waals surface area contributed by atoms with Gasteiger partial charge in [-0.2, -0.15) is 0 Å². The third-order valence-electron chi connectivity index (χ3n) is 6.27. The highest BCUT2D eigenvalue weighted by molar-refractivity contribution is 6.30. The molecule has 6 nitrogen and oxygen atoms in total. The Kier molecular flexibility index (Phi) is 5.10. The quantitative estimate of drug-likeness (QED) is 0.592. The van der Waals surface area contributed by atoms with Gasteiger partial charge in [0.25, 0.3) is 0 Å². The fourth-order valence-electron chi connectivity index (χ4n) is 4.23. The number of benzene rings is 2. The van der Waals surface area contributed by atoms with Crippen LogP contribution in [-0.2, 0) is 10.2 Å². The number of anilines is 1. The van der Waals surface area contributed by atoms with Gasteiger partial charge in [0.05, 0.1) is 18.2 Å². The second-order valence-electron chi connectivity index (χ2n) is 8.15. The van der Waals surface area contributed by atoms with Crippen molar-refractivity contribution >= 4 is 23.2 Å². The zero-order valence-corrected chi connectivity index (χ0v) is 18.1. The molecule has 1 saturated heterocycles. The zero-order chi connectivity index (χ0) is 21.4. The average Bonchev–Trinajstić information content (AvgIpc) is 3.48. The van der Waals surface area contributed by atoms with E-state index in [-0.39, 0.29) is 5.91 Å². The number of hydrogen-bond donors (Lipinski definition) is 0. The van der Waals surface area contributed by atoms with Crippen molar-refractivity contribution in [2.75, 3.05) is 38.2 Å². The Balaban J connectivity index is 1.27. The summed E-state index contributed by atoms with van der Waals surface area (Å²) in [5.41, 5.74) is 2.22. The third-order valence-corrected chi connectivity index (χ3v) is 6.53. The number of ether oxygens (including phenoxy) is 1. The van der Waals surface area contributed by atoms with Gasteiger partial charge in [-0.25, -0.2) is 0 Å². The highest BCUT2D eigenvalue weighted by atomic mass is 35.5. The molecule has 0 atom stereocenters.